The topological polar surface area (TPSA) is 75.3 Å². The predicted octanol–water partition coefficient (Wildman–Crippen LogP) is 3.30. The third kappa shape index (κ3) is 4.43. The van der Waals surface area contributed by atoms with E-state index >= 15 is 0 Å². The average Bonchev–Trinajstić information content (AvgIpc) is 3.07. The van der Waals surface area contributed by atoms with Crippen LogP contribution in [0, 0.1) is 5.82 Å². The molecule has 1 saturated carbocycles. The van der Waals surface area contributed by atoms with Crippen LogP contribution in [0.5, 0.6) is 0 Å². The van der Waals surface area contributed by atoms with Crippen molar-refractivity contribution < 1.29 is 17.6 Å². The van der Waals surface area contributed by atoms with Crippen LogP contribution in [-0.2, 0) is 10.0 Å². The Bertz CT molecular complexity index is 860. The number of halogens is 1. The molecule has 25 heavy (non-hydrogen) atoms. The minimum atomic E-state index is -3.56. The summed E-state index contributed by atoms with van der Waals surface area (Å²) in [5, 5.41) is 2.62. The van der Waals surface area contributed by atoms with Crippen LogP contribution in [0.3, 0.4) is 0 Å². The van der Waals surface area contributed by atoms with Gasteiger partial charge in [-0.2, -0.15) is 0 Å². The monoisotopic (exact) mass is 362 g/mol. The fourth-order valence-electron chi connectivity index (χ4n) is 2.88. The van der Waals surface area contributed by atoms with E-state index in [1.165, 1.54) is 42.5 Å². The van der Waals surface area contributed by atoms with Crippen molar-refractivity contribution in [2.45, 2.75) is 36.6 Å². The van der Waals surface area contributed by atoms with Crippen LogP contribution < -0.4 is 10.0 Å². The molecule has 2 aromatic rings. The molecule has 7 heteroatoms. The van der Waals surface area contributed by atoms with Crippen LogP contribution in [0.25, 0.3) is 0 Å². The van der Waals surface area contributed by atoms with Crippen LogP contribution in [0.15, 0.2) is 53.4 Å². The highest BCUT2D eigenvalue weighted by atomic mass is 32.2. The van der Waals surface area contributed by atoms with E-state index in [2.05, 4.69) is 10.0 Å². The van der Waals surface area contributed by atoms with Gasteiger partial charge in [0.15, 0.2) is 0 Å². The highest BCUT2D eigenvalue weighted by Crippen LogP contribution is 2.21. The number of benzene rings is 2. The molecule has 1 fully saturated rings. The van der Waals surface area contributed by atoms with Gasteiger partial charge in [0, 0.05) is 17.3 Å². The van der Waals surface area contributed by atoms with Crippen LogP contribution in [0.1, 0.15) is 36.0 Å². The third-order valence-corrected chi connectivity index (χ3v) is 5.72. The second-order valence-electron chi connectivity index (χ2n) is 6.09. The average molecular weight is 362 g/mol. The number of hydrogen-bond donors (Lipinski definition) is 2. The van der Waals surface area contributed by atoms with E-state index in [0.29, 0.717) is 5.69 Å². The Kier molecular flexibility index (Phi) is 5.15. The summed E-state index contributed by atoms with van der Waals surface area (Å²) >= 11 is 0. The van der Waals surface area contributed by atoms with Gasteiger partial charge in [0.1, 0.15) is 5.82 Å². The first-order valence-electron chi connectivity index (χ1n) is 8.13. The summed E-state index contributed by atoms with van der Waals surface area (Å²) in [5.74, 6) is -0.953. The van der Waals surface area contributed by atoms with Crippen molar-refractivity contribution in [3.05, 3.63) is 59.9 Å². The standard InChI is InChI=1S/C18H19FN2O3S/c19-14-5-3-4-13(12-14)18(22)20-15-8-10-17(11-9-15)25(23,24)21-16-6-1-2-7-16/h3-5,8-12,16,21H,1-2,6-7H2,(H,20,22). The van der Waals surface area contributed by atoms with Gasteiger partial charge >= 0.3 is 0 Å². The lowest BCUT2D eigenvalue weighted by Crippen LogP contribution is -2.32. The summed E-state index contributed by atoms with van der Waals surface area (Å²) in [6.45, 7) is 0. The van der Waals surface area contributed by atoms with E-state index in [0.717, 1.165) is 31.7 Å². The Hall–Kier alpha value is -2.25. The molecule has 0 saturated heterocycles. The Morgan fingerprint density at radius 2 is 1.72 bits per heavy atom. The van der Waals surface area contributed by atoms with Gasteiger partial charge in [-0.15, -0.1) is 0 Å². The maximum atomic E-state index is 13.2. The van der Waals surface area contributed by atoms with E-state index in [-0.39, 0.29) is 16.5 Å². The van der Waals surface area contributed by atoms with Crippen molar-refractivity contribution in [3.8, 4) is 0 Å². The molecule has 0 spiro atoms. The van der Waals surface area contributed by atoms with Crippen LogP contribution in [0.2, 0.25) is 0 Å². The molecule has 0 aliphatic heterocycles. The zero-order valence-corrected chi connectivity index (χ0v) is 14.4. The van der Waals surface area contributed by atoms with Gasteiger partial charge < -0.3 is 5.32 Å². The molecule has 0 atom stereocenters. The van der Waals surface area contributed by atoms with Crippen molar-refractivity contribution in [2.24, 2.45) is 0 Å². The lowest BCUT2D eigenvalue weighted by atomic mass is 10.2. The van der Waals surface area contributed by atoms with Crippen molar-refractivity contribution in [2.75, 3.05) is 5.32 Å². The van der Waals surface area contributed by atoms with Crippen molar-refractivity contribution in [3.63, 3.8) is 0 Å². The Morgan fingerprint density at radius 1 is 1.04 bits per heavy atom. The third-order valence-electron chi connectivity index (χ3n) is 4.19. The fraction of sp³-hybridized carbons (Fsp3) is 0.278. The molecule has 0 heterocycles. The SMILES string of the molecule is O=C(Nc1ccc(S(=O)(=O)NC2CCCC2)cc1)c1cccc(F)c1. The molecular formula is C18H19FN2O3S. The maximum absolute atomic E-state index is 13.2. The van der Waals surface area contributed by atoms with Gasteiger partial charge in [-0.05, 0) is 55.3 Å². The maximum Gasteiger partial charge on any atom is 0.255 e. The van der Waals surface area contributed by atoms with Crippen LogP contribution >= 0.6 is 0 Å². The van der Waals surface area contributed by atoms with Crippen molar-refractivity contribution in [1.82, 2.24) is 4.72 Å². The van der Waals surface area contributed by atoms with Crippen LogP contribution in [0.4, 0.5) is 10.1 Å². The predicted molar refractivity (Wildman–Crippen MR) is 93.4 cm³/mol. The van der Waals surface area contributed by atoms with E-state index in [1.54, 1.807) is 0 Å². The molecule has 3 rings (SSSR count). The molecule has 1 aliphatic rings. The molecule has 0 unspecified atom stereocenters. The number of anilines is 1. The summed E-state index contributed by atoms with van der Waals surface area (Å²) in [4.78, 5) is 12.2. The highest BCUT2D eigenvalue weighted by Gasteiger charge is 2.22. The summed E-state index contributed by atoms with van der Waals surface area (Å²) < 4.78 is 40.6. The summed E-state index contributed by atoms with van der Waals surface area (Å²) in [7, 11) is -3.56. The second-order valence-corrected chi connectivity index (χ2v) is 7.81. The fourth-order valence-corrected chi connectivity index (χ4v) is 4.19. The Morgan fingerprint density at radius 3 is 2.36 bits per heavy atom. The molecule has 2 N–H and O–H groups in total. The first kappa shape index (κ1) is 17.6. The lowest BCUT2D eigenvalue weighted by Gasteiger charge is -2.13. The summed E-state index contributed by atoms with van der Waals surface area (Å²) in [6, 6.07) is 11.3. The van der Waals surface area contributed by atoms with E-state index in [1.807, 2.05) is 0 Å². The molecule has 2 aromatic carbocycles. The Labute approximate surface area is 146 Å². The summed E-state index contributed by atoms with van der Waals surface area (Å²) in [5.41, 5.74) is 0.633. The minimum absolute atomic E-state index is 0.00245. The minimum Gasteiger partial charge on any atom is -0.322 e. The van der Waals surface area contributed by atoms with Gasteiger partial charge in [-0.1, -0.05) is 18.9 Å². The van der Waals surface area contributed by atoms with Crippen molar-refractivity contribution in [1.29, 1.82) is 0 Å². The normalized spacial score (nSPS) is 15.2. The highest BCUT2D eigenvalue weighted by molar-refractivity contribution is 7.89. The summed E-state index contributed by atoms with van der Waals surface area (Å²) in [6.07, 6.45) is 3.80. The van der Waals surface area contributed by atoms with Crippen LogP contribution in [-0.4, -0.2) is 20.4 Å². The molecule has 1 amide bonds. The van der Waals surface area contributed by atoms with Crippen molar-refractivity contribution >= 4 is 21.6 Å². The number of carbonyl (C=O) groups is 1. The number of hydrogen-bond acceptors (Lipinski definition) is 3. The van der Waals surface area contributed by atoms with Gasteiger partial charge in [-0.3, -0.25) is 4.79 Å². The van der Waals surface area contributed by atoms with Gasteiger partial charge in [0.05, 0.1) is 4.90 Å². The van der Waals surface area contributed by atoms with Gasteiger partial charge in [-0.25, -0.2) is 17.5 Å². The molecule has 132 valence electrons. The first-order chi connectivity index (χ1) is 11.9. The van der Waals surface area contributed by atoms with E-state index in [9.17, 15) is 17.6 Å². The number of sulfonamides is 1. The molecular weight excluding hydrogens is 343 g/mol. The molecule has 5 nitrogen and oxygen atoms in total. The number of amides is 1. The lowest BCUT2D eigenvalue weighted by molar-refractivity contribution is 0.102. The molecule has 0 radical (unpaired) electrons. The zero-order chi connectivity index (χ0) is 17.9. The quantitative estimate of drug-likeness (QED) is 0.857. The largest absolute Gasteiger partial charge is 0.322 e. The number of rotatable bonds is 5. The smallest absolute Gasteiger partial charge is 0.255 e. The molecule has 0 bridgehead atoms. The number of carbonyl (C=O) groups excluding carboxylic acids is 1. The zero-order valence-electron chi connectivity index (χ0n) is 13.5. The van der Waals surface area contributed by atoms with Gasteiger partial charge in [0.2, 0.25) is 10.0 Å². The molecule has 1 aliphatic carbocycles. The Balaban J connectivity index is 1.68. The van der Waals surface area contributed by atoms with E-state index in [4.69, 9.17) is 0 Å². The first-order valence-corrected chi connectivity index (χ1v) is 9.62. The number of nitrogens with one attached hydrogen (secondary N) is 2. The van der Waals surface area contributed by atoms with E-state index < -0.39 is 21.7 Å². The van der Waals surface area contributed by atoms with Gasteiger partial charge in [0.25, 0.3) is 5.91 Å². The second kappa shape index (κ2) is 7.33. The molecule has 0 aromatic heterocycles.